The first-order valence-electron chi connectivity index (χ1n) is 7.60. The lowest BCUT2D eigenvalue weighted by molar-refractivity contribution is 0.632. The van der Waals surface area contributed by atoms with Crippen molar-refractivity contribution in [2.75, 3.05) is 10.6 Å². The summed E-state index contributed by atoms with van der Waals surface area (Å²) in [7, 11) is 0. The van der Waals surface area contributed by atoms with Crippen LogP contribution in [-0.2, 0) is 6.42 Å². The minimum atomic E-state index is -0.513. The van der Waals surface area contributed by atoms with Gasteiger partial charge in [-0.1, -0.05) is 6.92 Å². The lowest BCUT2D eigenvalue weighted by Gasteiger charge is -2.25. The minimum Gasteiger partial charge on any atom is -0.375 e. The molecular weight excluding hydrogens is 290 g/mol. The highest BCUT2D eigenvalue weighted by atomic mass is 16.2. The second kappa shape index (κ2) is 5.88. The van der Waals surface area contributed by atoms with E-state index >= 15 is 0 Å². The number of nitrogens with zero attached hydrogens (tertiary/aromatic N) is 1. The normalized spacial score (nSPS) is 11.3. The van der Waals surface area contributed by atoms with E-state index in [4.69, 9.17) is 5.26 Å². The molecule has 0 heterocycles. The Balaban J connectivity index is 2.44. The zero-order valence-corrected chi connectivity index (χ0v) is 14.1. The molecule has 0 aliphatic rings. The van der Waals surface area contributed by atoms with Gasteiger partial charge in [-0.05, 0) is 57.4 Å². The number of benzene rings is 1. The van der Waals surface area contributed by atoms with E-state index in [2.05, 4.69) is 16.7 Å². The van der Waals surface area contributed by atoms with E-state index < -0.39 is 10.9 Å². The number of nitrogens with one attached hydrogen (secondary N) is 2. The number of rotatable bonds is 4. The molecule has 23 heavy (non-hydrogen) atoms. The predicted molar refractivity (Wildman–Crippen MR) is 93.3 cm³/mol. The van der Waals surface area contributed by atoms with Gasteiger partial charge in [-0.15, -0.1) is 0 Å². The zero-order valence-electron chi connectivity index (χ0n) is 14.1. The summed E-state index contributed by atoms with van der Waals surface area (Å²) in [5, 5.41) is 15.3. The van der Waals surface area contributed by atoms with Crippen LogP contribution in [0.5, 0.6) is 0 Å². The molecule has 2 aromatic carbocycles. The maximum Gasteiger partial charge on any atom is 0.253 e. The Morgan fingerprint density at radius 2 is 1.74 bits per heavy atom. The molecule has 0 fully saturated rings. The summed E-state index contributed by atoms with van der Waals surface area (Å²) in [4.78, 5) is 23.7. The maximum absolute atomic E-state index is 11.9. The second-order valence-corrected chi connectivity index (χ2v) is 6.64. The Labute approximate surface area is 135 Å². The topological polar surface area (TPSA) is 82.0 Å². The molecule has 0 amide bonds. The van der Waals surface area contributed by atoms with Crippen LogP contribution in [0.4, 0.5) is 17.1 Å². The van der Waals surface area contributed by atoms with Crippen LogP contribution >= 0.6 is 0 Å². The van der Waals surface area contributed by atoms with Crippen molar-refractivity contribution >= 4 is 17.1 Å². The summed E-state index contributed by atoms with van der Waals surface area (Å²) in [5.74, 6) is 0. The van der Waals surface area contributed by atoms with E-state index in [0.29, 0.717) is 16.9 Å². The van der Waals surface area contributed by atoms with Crippen molar-refractivity contribution in [2.45, 2.75) is 46.6 Å². The van der Waals surface area contributed by atoms with Crippen molar-refractivity contribution in [3.05, 3.63) is 49.3 Å². The van der Waals surface area contributed by atoms with Crippen molar-refractivity contribution in [1.82, 2.24) is 0 Å². The Kier molecular flexibility index (Phi) is 4.28. The van der Waals surface area contributed by atoms with Crippen LogP contribution in [0.15, 0.2) is 21.7 Å². The fourth-order valence-corrected chi connectivity index (χ4v) is 2.59. The third-order valence-corrected chi connectivity index (χ3v) is 3.74. The van der Waals surface area contributed by atoms with Gasteiger partial charge in [0.15, 0.2) is 0 Å². The summed E-state index contributed by atoms with van der Waals surface area (Å²) < 4.78 is 0. The maximum atomic E-state index is 11.9. The molecule has 0 spiro atoms. The highest BCUT2D eigenvalue weighted by Crippen LogP contribution is 2.29. The Morgan fingerprint density at radius 1 is 1.13 bits per heavy atom. The third-order valence-electron chi connectivity index (χ3n) is 3.74. The number of anilines is 3. The van der Waals surface area contributed by atoms with Gasteiger partial charge in [0.25, 0.3) is 10.9 Å². The number of hydrogen-bond donors (Lipinski definition) is 2. The van der Waals surface area contributed by atoms with Gasteiger partial charge in [0, 0.05) is 11.2 Å². The zero-order chi connectivity index (χ0) is 17.4. The fraction of sp³-hybridized carbons (Fsp3) is 0.389. The van der Waals surface area contributed by atoms with Gasteiger partial charge in [-0.25, -0.2) is 0 Å². The summed E-state index contributed by atoms with van der Waals surface area (Å²) in [6.07, 6.45) is 0.723. The highest BCUT2D eigenvalue weighted by Gasteiger charge is 2.25. The lowest BCUT2D eigenvalue weighted by atomic mass is 9.98. The predicted octanol–water partition coefficient (Wildman–Crippen LogP) is 2.98. The van der Waals surface area contributed by atoms with Crippen LogP contribution in [-0.4, -0.2) is 5.54 Å². The van der Waals surface area contributed by atoms with Crippen molar-refractivity contribution in [2.24, 2.45) is 0 Å². The monoisotopic (exact) mass is 311 g/mol. The van der Waals surface area contributed by atoms with Crippen molar-refractivity contribution in [3.63, 3.8) is 0 Å². The van der Waals surface area contributed by atoms with Crippen LogP contribution in [0, 0.1) is 18.3 Å². The van der Waals surface area contributed by atoms with Crippen LogP contribution in [0.1, 0.15) is 44.4 Å². The van der Waals surface area contributed by atoms with E-state index in [-0.39, 0.29) is 5.54 Å². The van der Waals surface area contributed by atoms with Gasteiger partial charge in [0.1, 0.15) is 11.4 Å². The molecule has 2 N–H and O–H groups in total. The standard InChI is InChI=1S/C18H21N3O2/c1-6-12-10(2)11(9-19)7-8-13(12)20-14-15(17(23)16(14)22)21-18(3,4)5/h7-8,20-21H,6H2,1-5H3. The van der Waals surface area contributed by atoms with Gasteiger partial charge in [-0.3, -0.25) is 9.59 Å². The molecule has 0 aliphatic carbocycles. The highest BCUT2D eigenvalue weighted by molar-refractivity contribution is 5.80. The quantitative estimate of drug-likeness (QED) is 0.848. The van der Waals surface area contributed by atoms with E-state index in [1.165, 1.54) is 0 Å². The van der Waals surface area contributed by atoms with Crippen LogP contribution in [0.25, 0.3) is 0 Å². The first kappa shape index (κ1) is 16.8. The van der Waals surface area contributed by atoms with Gasteiger partial charge in [0.05, 0.1) is 11.6 Å². The molecule has 5 nitrogen and oxygen atoms in total. The molecule has 0 saturated heterocycles. The Morgan fingerprint density at radius 3 is 2.26 bits per heavy atom. The Bertz CT molecular complexity index is 860. The SMILES string of the molecule is CCc1c(Nc2c(NC(C)(C)C)c(=O)c2=O)ccc(C#N)c1C. The van der Waals surface area contributed by atoms with Gasteiger partial charge in [-0.2, -0.15) is 5.26 Å². The Hall–Kier alpha value is -2.61. The molecule has 5 heteroatoms. The molecule has 2 rings (SSSR count). The molecule has 0 bridgehead atoms. The van der Waals surface area contributed by atoms with Crippen LogP contribution < -0.4 is 21.5 Å². The largest absolute Gasteiger partial charge is 0.375 e. The minimum absolute atomic E-state index is 0.295. The van der Waals surface area contributed by atoms with Gasteiger partial charge in [0.2, 0.25) is 0 Å². The lowest BCUT2D eigenvalue weighted by Crippen LogP contribution is -2.41. The second-order valence-electron chi connectivity index (χ2n) is 6.64. The van der Waals surface area contributed by atoms with E-state index in [0.717, 1.165) is 23.2 Å². The average molecular weight is 311 g/mol. The van der Waals surface area contributed by atoms with E-state index in [1.807, 2.05) is 34.6 Å². The molecule has 0 aromatic heterocycles. The summed E-state index contributed by atoms with van der Waals surface area (Å²) >= 11 is 0. The first-order valence-corrected chi connectivity index (χ1v) is 7.60. The molecule has 2 aromatic rings. The van der Waals surface area contributed by atoms with E-state index in [9.17, 15) is 9.59 Å². The molecule has 0 radical (unpaired) electrons. The van der Waals surface area contributed by atoms with E-state index in [1.54, 1.807) is 12.1 Å². The van der Waals surface area contributed by atoms with Crippen molar-refractivity contribution < 1.29 is 0 Å². The summed E-state index contributed by atoms with van der Waals surface area (Å²) in [6.45, 7) is 9.66. The fourth-order valence-electron chi connectivity index (χ4n) is 2.59. The molecule has 0 aliphatic heterocycles. The van der Waals surface area contributed by atoms with Crippen LogP contribution in [0.3, 0.4) is 0 Å². The van der Waals surface area contributed by atoms with Crippen molar-refractivity contribution in [1.29, 1.82) is 5.26 Å². The molecule has 120 valence electrons. The number of nitriles is 1. The molecule has 0 atom stereocenters. The molecule has 0 unspecified atom stereocenters. The molecule has 0 saturated carbocycles. The number of hydrogen-bond acceptors (Lipinski definition) is 5. The summed E-state index contributed by atoms with van der Waals surface area (Å²) in [6, 6.07) is 5.66. The van der Waals surface area contributed by atoms with Crippen LogP contribution in [0.2, 0.25) is 0 Å². The summed E-state index contributed by atoms with van der Waals surface area (Å²) in [5.41, 5.74) is 2.54. The average Bonchev–Trinajstić information content (AvgIpc) is 2.49. The molecular formula is C18H21N3O2. The first-order chi connectivity index (χ1) is 10.7. The smallest absolute Gasteiger partial charge is 0.253 e. The van der Waals surface area contributed by atoms with Gasteiger partial charge < -0.3 is 10.6 Å². The van der Waals surface area contributed by atoms with Crippen molar-refractivity contribution in [3.8, 4) is 6.07 Å². The van der Waals surface area contributed by atoms with Gasteiger partial charge >= 0.3 is 0 Å². The third kappa shape index (κ3) is 3.11.